The Hall–Kier alpha value is -1.27. The summed E-state index contributed by atoms with van der Waals surface area (Å²) in [6.45, 7) is 2.13. The monoisotopic (exact) mass is 202 g/mol. The zero-order valence-corrected chi connectivity index (χ0v) is 7.86. The first-order chi connectivity index (χ1) is 6.51. The van der Waals surface area contributed by atoms with Crippen LogP contribution < -0.4 is 0 Å². The van der Waals surface area contributed by atoms with Gasteiger partial charge in [-0.2, -0.15) is 4.89 Å². The summed E-state index contributed by atoms with van der Waals surface area (Å²) < 4.78 is 4.93. The van der Waals surface area contributed by atoms with Crippen LogP contribution in [0.3, 0.4) is 0 Å². The molecular weight excluding hydrogens is 192 g/mol. The fourth-order valence-corrected chi connectivity index (χ4v) is 1.18. The second-order valence-electron chi connectivity index (χ2n) is 2.83. The van der Waals surface area contributed by atoms with E-state index < -0.39 is 23.1 Å². The molecule has 1 aliphatic rings. The van der Waals surface area contributed by atoms with Gasteiger partial charge in [0, 0.05) is 0 Å². The molecule has 1 heterocycles. The molecule has 0 aromatic rings. The maximum atomic E-state index is 11.3. The van der Waals surface area contributed by atoms with E-state index in [0.717, 1.165) is 13.8 Å². The first-order valence-corrected chi connectivity index (χ1v) is 4.01. The van der Waals surface area contributed by atoms with Gasteiger partial charge in [0.2, 0.25) is 0 Å². The maximum absolute atomic E-state index is 11.3. The molecule has 0 aliphatic carbocycles. The molecule has 0 saturated carbocycles. The summed E-state index contributed by atoms with van der Waals surface area (Å²) in [5.74, 6) is -2.53. The van der Waals surface area contributed by atoms with Crippen molar-refractivity contribution in [2.75, 3.05) is 13.2 Å². The lowest BCUT2D eigenvalue weighted by molar-refractivity contribution is -0.268. The Kier molecular flexibility index (Phi) is 2.97. The van der Waals surface area contributed by atoms with Crippen LogP contribution in [-0.2, 0) is 28.9 Å². The fraction of sp³-hybridized carbons (Fsp3) is 0.625. The van der Waals surface area contributed by atoms with Gasteiger partial charge in [-0.25, -0.2) is 4.79 Å². The zero-order chi connectivity index (χ0) is 10.8. The summed E-state index contributed by atoms with van der Waals surface area (Å²) in [5.41, 5.74) is -2.14. The molecule has 6 heteroatoms. The van der Waals surface area contributed by atoms with Crippen LogP contribution in [0.4, 0.5) is 0 Å². The minimum atomic E-state index is -2.14. The Morgan fingerprint density at radius 2 is 1.79 bits per heavy atom. The predicted molar refractivity (Wildman–Crippen MR) is 42.1 cm³/mol. The van der Waals surface area contributed by atoms with E-state index in [0.29, 0.717) is 0 Å². The predicted octanol–water partition coefficient (Wildman–Crippen LogP) is -0.592. The first-order valence-electron chi connectivity index (χ1n) is 4.01. The highest BCUT2D eigenvalue weighted by molar-refractivity contribution is 6.25. The largest absolute Gasteiger partial charge is 0.389 e. The zero-order valence-electron chi connectivity index (χ0n) is 7.86. The van der Waals surface area contributed by atoms with E-state index in [1.54, 1.807) is 0 Å². The average Bonchev–Trinajstić information content (AvgIpc) is 2.27. The van der Waals surface area contributed by atoms with E-state index in [1.165, 1.54) is 0 Å². The second kappa shape index (κ2) is 3.85. The number of carbonyl (C=O) groups is 3. The highest BCUT2D eigenvalue weighted by Crippen LogP contribution is 2.19. The lowest BCUT2D eigenvalue weighted by atomic mass is 9.95. The van der Waals surface area contributed by atoms with Gasteiger partial charge in [-0.05, 0) is 13.8 Å². The van der Waals surface area contributed by atoms with Crippen molar-refractivity contribution < 1.29 is 28.9 Å². The molecule has 0 aromatic heterocycles. The van der Waals surface area contributed by atoms with Gasteiger partial charge in [-0.1, -0.05) is 0 Å². The highest BCUT2D eigenvalue weighted by atomic mass is 17.2. The van der Waals surface area contributed by atoms with Crippen molar-refractivity contribution in [1.29, 1.82) is 0 Å². The molecule has 0 N–H and O–H groups in total. The van der Waals surface area contributed by atoms with Gasteiger partial charge in [-0.15, -0.1) is 0 Å². The van der Waals surface area contributed by atoms with E-state index in [9.17, 15) is 14.4 Å². The van der Waals surface area contributed by atoms with Crippen LogP contribution in [0.1, 0.15) is 13.8 Å². The van der Waals surface area contributed by atoms with Crippen molar-refractivity contribution in [3.05, 3.63) is 0 Å². The van der Waals surface area contributed by atoms with E-state index in [2.05, 4.69) is 9.78 Å². The Balaban J connectivity index is 3.10. The van der Waals surface area contributed by atoms with Crippen LogP contribution >= 0.6 is 0 Å². The van der Waals surface area contributed by atoms with Crippen molar-refractivity contribution in [1.82, 2.24) is 0 Å². The number of Topliss-reactive ketones (excluding diaryl/α,β-unsaturated/α-hetero) is 2. The number of rotatable bonds is 2. The third kappa shape index (κ3) is 1.53. The molecule has 6 nitrogen and oxygen atoms in total. The lowest BCUT2D eigenvalue weighted by Crippen LogP contribution is -2.53. The van der Waals surface area contributed by atoms with Crippen molar-refractivity contribution >= 4 is 17.5 Å². The van der Waals surface area contributed by atoms with Crippen molar-refractivity contribution in [2.24, 2.45) is 0 Å². The van der Waals surface area contributed by atoms with Crippen LogP contribution in [-0.4, -0.2) is 36.4 Å². The molecule has 0 amide bonds. The molecule has 1 aliphatic heterocycles. The van der Waals surface area contributed by atoms with Gasteiger partial charge in [-0.3, -0.25) is 14.5 Å². The van der Waals surface area contributed by atoms with Gasteiger partial charge in [0.25, 0.3) is 5.60 Å². The van der Waals surface area contributed by atoms with Crippen LogP contribution in [0.25, 0.3) is 0 Å². The van der Waals surface area contributed by atoms with Crippen LogP contribution in [0.15, 0.2) is 0 Å². The molecule has 0 bridgehead atoms. The quantitative estimate of drug-likeness (QED) is 0.439. The molecule has 0 radical (unpaired) electrons. The number of hydrogen-bond acceptors (Lipinski definition) is 6. The topological polar surface area (TPSA) is 78.9 Å². The summed E-state index contributed by atoms with van der Waals surface area (Å²) in [7, 11) is 0. The summed E-state index contributed by atoms with van der Waals surface area (Å²) in [6, 6.07) is 0. The van der Waals surface area contributed by atoms with Gasteiger partial charge in [0.1, 0.15) is 6.61 Å². The first kappa shape index (κ1) is 10.8. The molecule has 1 saturated heterocycles. The number of ether oxygens (including phenoxy) is 1. The molecule has 0 atom stereocenters. The summed E-state index contributed by atoms with van der Waals surface area (Å²) in [4.78, 5) is 42.4. The lowest BCUT2D eigenvalue weighted by Gasteiger charge is -2.21. The van der Waals surface area contributed by atoms with Crippen LogP contribution in [0.2, 0.25) is 0 Å². The molecule has 14 heavy (non-hydrogen) atoms. The standard InChI is InChI=1S/C8H10O6/c1-5(9)8(6(2)10)7(11)14-13-4-3-12-8/h3-4H2,1-2H3. The summed E-state index contributed by atoms with van der Waals surface area (Å²) >= 11 is 0. The number of hydrogen-bond donors (Lipinski definition) is 0. The highest BCUT2D eigenvalue weighted by Gasteiger charge is 2.53. The van der Waals surface area contributed by atoms with E-state index in [1.807, 2.05) is 0 Å². The Bertz CT molecular complexity index is 268. The fourth-order valence-electron chi connectivity index (χ4n) is 1.18. The average molecular weight is 202 g/mol. The normalized spacial score (nSPS) is 20.9. The molecule has 1 fully saturated rings. The second-order valence-corrected chi connectivity index (χ2v) is 2.83. The van der Waals surface area contributed by atoms with Crippen LogP contribution in [0, 0.1) is 0 Å². The third-order valence-corrected chi connectivity index (χ3v) is 1.90. The summed E-state index contributed by atoms with van der Waals surface area (Å²) in [6.07, 6.45) is 0. The van der Waals surface area contributed by atoms with Gasteiger partial charge in [0.15, 0.2) is 11.6 Å². The SMILES string of the molecule is CC(=O)C1(C(C)=O)OCCOOC1=O. The Morgan fingerprint density at radius 3 is 2.29 bits per heavy atom. The van der Waals surface area contributed by atoms with Gasteiger partial charge >= 0.3 is 5.97 Å². The molecule has 1 rings (SSSR count). The smallest absolute Gasteiger partial charge is 0.347 e. The van der Waals surface area contributed by atoms with E-state index in [4.69, 9.17) is 4.74 Å². The molecule has 0 spiro atoms. The number of ketones is 2. The van der Waals surface area contributed by atoms with E-state index in [-0.39, 0.29) is 13.2 Å². The molecule has 0 aromatic carbocycles. The van der Waals surface area contributed by atoms with Crippen molar-refractivity contribution in [2.45, 2.75) is 19.4 Å². The minimum Gasteiger partial charge on any atom is -0.347 e. The maximum Gasteiger partial charge on any atom is 0.389 e. The van der Waals surface area contributed by atoms with Gasteiger partial charge in [0.05, 0.1) is 6.61 Å². The third-order valence-electron chi connectivity index (χ3n) is 1.90. The van der Waals surface area contributed by atoms with Crippen LogP contribution in [0.5, 0.6) is 0 Å². The minimum absolute atomic E-state index is 0.00590. The molecular formula is C8H10O6. The Morgan fingerprint density at radius 1 is 1.21 bits per heavy atom. The van der Waals surface area contributed by atoms with Crippen molar-refractivity contribution in [3.8, 4) is 0 Å². The molecule has 78 valence electrons. The van der Waals surface area contributed by atoms with Gasteiger partial charge < -0.3 is 4.74 Å². The number of carbonyl (C=O) groups excluding carboxylic acids is 3. The van der Waals surface area contributed by atoms with E-state index >= 15 is 0 Å². The Labute approximate surface area is 80.0 Å². The molecule has 0 unspecified atom stereocenters. The summed E-state index contributed by atoms with van der Waals surface area (Å²) in [5, 5.41) is 0. The van der Waals surface area contributed by atoms with Crippen molar-refractivity contribution in [3.63, 3.8) is 0 Å².